The third kappa shape index (κ3) is 4.66. The summed E-state index contributed by atoms with van der Waals surface area (Å²) in [6.07, 6.45) is 3.02. The Labute approximate surface area is 176 Å². The van der Waals surface area contributed by atoms with Crippen LogP contribution >= 0.6 is 0 Å². The van der Waals surface area contributed by atoms with Crippen LogP contribution in [0.4, 0.5) is 11.4 Å². The quantitative estimate of drug-likeness (QED) is 0.449. The van der Waals surface area contributed by atoms with E-state index < -0.39 is 0 Å². The minimum Gasteiger partial charge on any atom is -0.398 e. The number of hydrogen-bond acceptors (Lipinski definition) is 3. The fraction of sp³-hybridized carbons (Fsp3) is 0.154. The predicted molar refractivity (Wildman–Crippen MR) is 124 cm³/mol. The number of benzene rings is 3. The molecule has 4 nitrogen and oxygen atoms in total. The van der Waals surface area contributed by atoms with Crippen LogP contribution in [-0.2, 0) is 12.8 Å². The zero-order valence-electron chi connectivity index (χ0n) is 17.1. The predicted octanol–water partition coefficient (Wildman–Crippen LogP) is 5.55. The molecule has 0 atom stereocenters. The molecule has 0 radical (unpaired) electrons. The Morgan fingerprint density at radius 1 is 0.900 bits per heavy atom. The van der Waals surface area contributed by atoms with Crippen LogP contribution in [0.2, 0.25) is 0 Å². The molecule has 1 heterocycles. The molecular weight excluding hydrogens is 370 g/mol. The van der Waals surface area contributed by atoms with Crippen molar-refractivity contribution in [3.63, 3.8) is 0 Å². The first-order chi connectivity index (χ1) is 14.6. The molecule has 0 saturated heterocycles. The lowest BCUT2D eigenvalue weighted by atomic mass is 10.0. The Kier molecular flexibility index (Phi) is 5.75. The molecule has 0 saturated carbocycles. The van der Waals surface area contributed by atoms with Crippen molar-refractivity contribution in [3.8, 4) is 0 Å². The largest absolute Gasteiger partial charge is 0.398 e. The molecule has 4 aromatic rings. The molecular formula is C26H25N3O. The van der Waals surface area contributed by atoms with Gasteiger partial charge in [0.25, 0.3) is 5.91 Å². The van der Waals surface area contributed by atoms with Crippen LogP contribution in [0.25, 0.3) is 10.9 Å². The summed E-state index contributed by atoms with van der Waals surface area (Å²) in [5.41, 5.74) is 12.4. The van der Waals surface area contributed by atoms with E-state index in [2.05, 4.69) is 40.6 Å². The second kappa shape index (κ2) is 8.78. The first kappa shape index (κ1) is 19.6. The number of aromatic nitrogens is 1. The van der Waals surface area contributed by atoms with E-state index in [0.717, 1.165) is 35.9 Å². The van der Waals surface area contributed by atoms with Gasteiger partial charge in [-0.3, -0.25) is 9.78 Å². The SMILES string of the molecule is Cc1cc(N)c2cc(NC(=O)c3cccc(CCCc4ccccc4)c3)ccc2n1. The lowest BCUT2D eigenvalue weighted by Crippen LogP contribution is -2.12. The van der Waals surface area contributed by atoms with E-state index in [-0.39, 0.29) is 5.91 Å². The summed E-state index contributed by atoms with van der Waals surface area (Å²) in [7, 11) is 0. The van der Waals surface area contributed by atoms with Gasteiger partial charge in [0, 0.05) is 28.0 Å². The van der Waals surface area contributed by atoms with Gasteiger partial charge in [-0.15, -0.1) is 0 Å². The zero-order chi connectivity index (χ0) is 20.9. The summed E-state index contributed by atoms with van der Waals surface area (Å²) in [6.45, 7) is 1.92. The van der Waals surface area contributed by atoms with Crippen molar-refractivity contribution < 1.29 is 4.79 Å². The van der Waals surface area contributed by atoms with Crippen molar-refractivity contribution in [1.29, 1.82) is 0 Å². The van der Waals surface area contributed by atoms with E-state index >= 15 is 0 Å². The third-order valence-corrected chi connectivity index (χ3v) is 5.19. The van der Waals surface area contributed by atoms with E-state index in [1.54, 1.807) is 0 Å². The number of carbonyl (C=O) groups is 1. The highest BCUT2D eigenvalue weighted by atomic mass is 16.1. The molecule has 4 heteroatoms. The smallest absolute Gasteiger partial charge is 0.255 e. The molecule has 0 bridgehead atoms. The van der Waals surface area contributed by atoms with E-state index in [1.807, 2.05) is 55.5 Å². The molecule has 0 spiro atoms. The van der Waals surface area contributed by atoms with Crippen LogP contribution in [-0.4, -0.2) is 10.9 Å². The molecule has 0 aliphatic rings. The van der Waals surface area contributed by atoms with Crippen LogP contribution in [0, 0.1) is 6.92 Å². The number of hydrogen-bond donors (Lipinski definition) is 2. The minimum absolute atomic E-state index is 0.127. The van der Waals surface area contributed by atoms with Crippen LogP contribution < -0.4 is 11.1 Å². The maximum absolute atomic E-state index is 12.8. The van der Waals surface area contributed by atoms with Gasteiger partial charge in [-0.2, -0.15) is 0 Å². The van der Waals surface area contributed by atoms with Gasteiger partial charge in [0.1, 0.15) is 0 Å². The summed E-state index contributed by atoms with van der Waals surface area (Å²) in [5.74, 6) is -0.127. The summed E-state index contributed by atoms with van der Waals surface area (Å²) in [4.78, 5) is 17.3. The first-order valence-electron chi connectivity index (χ1n) is 10.2. The van der Waals surface area contributed by atoms with Crippen LogP contribution in [0.1, 0.15) is 33.6 Å². The van der Waals surface area contributed by atoms with E-state index in [1.165, 1.54) is 11.1 Å². The normalized spacial score (nSPS) is 10.8. The van der Waals surface area contributed by atoms with Gasteiger partial charge in [-0.25, -0.2) is 0 Å². The molecule has 30 heavy (non-hydrogen) atoms. The van der Waals surface area contributed by atoms with Gasteiger partial charge in [-0.1, -0.05) is 42.5 Å². The maximum atomic E-state index is 12.8. The van der Waals surface area contributed by atoms with Crippen molar-refractivity contribution in [2.45, 2.75) is 26.2 Å². The highest BCUT2D eigenvalue weighted by Gasteiger charge is 2.09. The number of nitrogens with two attached hydrogens (primary N) is 1. The highest BCUT2D eigenvalue weighted by molar-refractivity contribution is 6.05. The third-order valence-electron chi connectivity index (χ3n) is 5.19. The fourth-order valence-corrected chi connectivity index (χ4v) is 3.68. The summed E-state index contributed by atoms with van der Waals surface area (Å²) in [5, 5.41) is 3.82. The van der Waals surface area contributed by atoms with E-state index in [0.29, 0.717) is 16.9 Å². The molecule has 4 rings (SSSR count). The Bertz CT molecular complexity index is 1190. The van der Waals surface area contributed by atoms with Gasteiger partial charge in [-0.05, 0) is 73.7 Å². The molecule has 0 aliphatic heterocycles. The number of fused-ring (bicyclic) bond motifs is 1. The van der Waals surface area contributed by atoms with Crippen molar-refractivity contribution >= 4 is 28.2 Å². The Morgan fingerprint density at radius 2 is 1.67 bits per heavy atom. The molecule has 0 aliphatic carbocycles. The molecule has 3 N–H and O–H groups in total. The number of carbonyl (C=O) groups excluding carboxylic acids is 1. The van der Waals surface area contributed by atoms with Gasteiger partial charge in [0.15, 0.2) is 0 Å². The Hall–Kier alpha value is -3.66. The van der Waals surface area contributed by atoms with E-state index in [4.69, 9.17) is 5.73 Å². The van der Waals surface area contributed by atoms with Crippen molar-refractivity contribution in [2.24, 2.45) is 0 Å². The number of nitrogens with zero attached hydrogens (tertiary/aromatic N) is 1. The van der Waals surface area contributed by atoms with Crippen molar-refractivity contribution in [1.82, 2.24) is 4.98 Å². The molecule has 150 valence electrons. The second-order valence-electron chi connectivity index (χ2n) is 7.58. The number of aryl methyl sites for hydroxylation is 3. The average Bonchev–Trinajstić information content (AvgIpc) is 2.75. The Balaban J connectivity index is 1.43. The molecule has 3 aromatic carbocycles. The maximum Gasteiger partial charge on any atom is 0.255 e. The summed E-state index contributed by atoms with van der Waals surface area (Å²) >= 11 is 0. The van der Waals surface area contributed by atoms with Crippen molar-refractivity contribution in [3.05, 3.63) is 101 Å². The monoisotopic (exact) mass is 395 g/mol. The number of anilines is 2. The topological polar surface area (TPSA) is 68.0 Å². The van der Waals surface area contributed by atoms with Gasteiger partial charge in [0.2, 0.25) is 0 Å². The van der Waals surface area contributed by atoms with Gasteiger partial charge < -0.3 is 11.1 Å². The fourth-order valence-electron chi connectivity index (χ4n) is 3.68. The van der Waals surface area contributed by atoms with Gasteiger partial charge >= 0.3 is 0 Å². The lowest BCUT2D eigenvalue weighted by molar-refractivity contribution is 0.102. The number of amides is 1. The summed E-state index contributed by atoms with van der Waals surface area (Å²) in [6, 6.07) is 25.8. The molecule has 0 unspecified atom stereocenters. The minimum atomic E-state index is -0.127. The van der Waals surface area contributed by atoms with Crippen LogP contribution in [0.5, 0.6) is 0 Å². The number of nitrogens with one attached hydrogen (secondary N) is 1. The zero-order valence-corrected chi connectivity index (χ0v) is 17.1. The molecule has 1 aromatic heterocycles. The Morgan fingerprint density at radius 3 is 2.50 bits per heavy atom. The lowest BCUT2D eigenvalue weighted by Gasteiger charge is -2.09. The standard InChI is InChI=1S/C26H25N3O/c1-18-15-24(27)23-17-22(13-14-25(23)28-18)29-26(30)21-12-6-11-20(16-21)10-5-9-19-7-3-2-4-8-19/h2-4,6-8,11-17H,5,9-10H2,1H3,(H2,27,28)(H,29,30). The van der Waals surface area contributed by atoms with Crippen molar-refractivity contribution in [2.75, 3.05) is 11.1 Å². The number of pyridine rings is 1. The summed E-state index contributed by atoms with van der Waals surface area (Å²) < 4.78 is 0. The second-order valence-corrected chi connectivity index (χ2v) is 7.58. The van der Waals surface area contributed by atoms with Crippen LogP contribution in [0.3, 0.4) is 0 Å². The molecule has 1 amide bonds. The number of rotatable bonds is 6. The number of nitrogen functional groups attached to an aromatic ring is 1. The van der Waals surface area contributed by atoms with Gasteiger partial charge in [0.05, 0.1) is 5.52 Å². The van der Waals surface area contributed by atoms with E-state index in [9.17, 15) is 4.79 Å². The highest BCUT2D eigenvalue weighted by Crippen LogP contribution is 2.24. The average molecular weight is 396 g/mol. The molecule has 0 fully saturated rings. The first-order valence-corrected chi connectivity index (χ1v) is 10.2. The van der Waals surface area contributed by atoms with Crippen LogP contribution in [0.15, 0.2) is 78.9 Å².